The molecule has 1 amide bonds. The number of rotatable bonds is 6. The van der Waals surface area contributed by atoms with Crippen LogP contribution in [0.3, 0.4) is 0 Å². The van der Waals surface area contributed by atoms with E-state index < -0.39 is 5.91 Å². The maximum Gasteiger partial charge on any atom is 0.309 e. The first-order chi connectivity index (χ1) is 14.0. The predicted molar refractivity (Wildman–Crippen MR) is 115 cm³/mol. The summed E-state index contributed by atoms with van der Waals surface area (Å²) in [6.07, 6.45) is 4.73. The normalized spacial score (nSPS) is 14.9. The molecule has 1 aliphatic heterocycles. The summed E-state index contributed by atoms with van der Waals surface area (Å²) in [5, 5.41) is 5.55. The zero-order chi connectivity index (χ0) is 20.8. The minimum atomic E-state index is -0.423. The number of nitrogens with one attached hydrogen (secondary N) is 1. The lowest BCUT2D eigenvalue weighted by Gasteiger charge is -2.30. The molecule has 7 nitrogen and oxygen atoms in total. The lowest BCUT2D eigenvalue weighted by Crippen LogP contribution is -2.36. The maximum atomic E-state index is 12.1. The summed E-state index contributed by atoms with van der Waals surface area (Å²) in [6, 6.07) is 4.63. The van der Waals surface area contributed by atoms with Crippen molar-refractivity contribution in [2.75, 3.05) is 24.6 Å². The Morgan fingerprint density at radius 3 is 2.83 bits per heavy atom. The van der Waals surface area contributed by atoms with Gasteiger partial charge < -0.3 is 9.64 Å². The van der Waals surface area contributed by atoms with Crippen molar-refractivity contribution in [1.29, 1.82) is 0 Å². The molecule has 0 spiro atoms. The van der Waals surface area contributed by atoms with Crippen molar-refractivity contribution in [3.05, 3.63) is 44.9 Å². The third-order valence-corrected chi connectivity index (χ3v) is 5.97. The molecule has 2 aromatic rings. The SMILES string of the molecule is CCOC(=O)C1CCN(c2ncc(/C=N/NC(=O)c3ccc(Cl)cc3Cl)s2)CC1. The Labute approximate surface area is 182 Å². The number of piperidine rings is 1. The number of hydrazone groups is 1. The average molecular weight is 455 g/mol. The van der Waals surface area contributed by atoms with Gasteiger partial charge in [0.05, 0.1) is 34.2 Å². The summed E-state index contributed by atoms with van der Waals surface area (Å²) in [7, 11) is 0. The Bertz CT molecular complexity index is 911. The Kier molecular flexibility index (Phi) is 7.46. The number of carbonyl (C=O) groups excluding carboxylic acids is 2. The van der Waals surface area contributed by atoms with Gasteiger partial charge in [0.2, 0.25) is 0 Å². The van der Waals surface area contributed by atoms with E-state index in [1.165, 1.54) is 23.6 Å². The van der Waals surface area contributed by atoms with Gasteiger partial charge in [0, 0.05) is 24.3 Å². The van der Waals surface area contributed by atoms with Gasteiger partial charge in [0.1, 0.15) is 0 Å². The number of hydrogen-bond donors (Lipinski definition) is 1. The van der Waals surface area contributed by atoms with Crippen LogP contribution in [0.5, 0.6) is 0 Å². The second kappa shape index (κ2) is 10.0. The van der Waals surface area contributed by atoms with Crippen LogP contribution in [0.1, 0.15) is 35.0 Å². The smallest absolute Gasteiger partial charge is 0.309 e. The van der Waals surface area contributed by atoms with Gasteiger partial charge in [0.25, 0.3) is 5.91 Å². The summed E-state index contributed by atoms with van der Waals surface area (Å²) < 4.78 is 5.10. The first-order valence-corrected chi connectivity index (χ1v) is 10.7. The molecular weight excluding hydrogens is 435 g/mol. The first kappa shape index (κ1) is 21.5. The third kappa shape index (κ3) is 5.68. The molecule has 1 fully saturated rings. The Balaban J connectivity index is 1.53. The highest BCUT2D eigenvalue weighted by atomic mass is 35.5. The number of nitrogens with zero attached hydrogens (tertiary/aromatic N) is 3. The van der Waals surface area contributed by atoms with Gasteiger partial charge in [0.15, 0.2) is 5.13 Å². The number of hydrogen-bond acceptors (Lipinski definition) is 7. The third-order valence-electron chi connectivity index (χ3n) is 4.43. The molecule has 10 heteroatoms. The molecule has 1 saturated heterocycles. The summed E-state index contributed by atoms with van der Waals surface area (Å²) in [5.41, 5.74) is 2.74. The lowest BCUT2D eigenvalue weighted by atomic mass is 9.97. The van der Waals surface area contributed by atoms with E-state index in [0.717, 1.165) is 35.9 Å². The lowest BCUT2D eigenvalue weighted by molar-refractivity contribution is -0.148. The summed E-state index contributed by atoms with van der Waals surface area (Å²) >= 11 is 13.3. The van der Waals surface area contributed by atoms with Crippen LogP contribution in [0, 0.1) is 5.92 Å². The minimum absolute atomic E-state index is 0.0397. The zero-order valence-corrected chi connectivity index (χ0v) is 18.1. The number of benzene rings is 1. The highest BCUT2D eigenvalue weighted by molar-refractivity contribution is 7.17. The van der Waals surface area contributed by atoms with Gasteiger partial charge in [-0.2, -0.15) is 5.10 Å². The van der Waals surface area contributed by atoms with Crippen LogP contribution >= 0.6 is 34.5 Å². The molecule has 1 N–H and O–H groups in total. The second-order valence-electron chi connectivity index (χ2n) is 6.38. The molecule has 0 atom stereocenters. The number of esters is 1. The van der Waals surface area contributed by atoms with Gasteiger partial charge >= 0.3 is 5.97 Å². The molecule has 0 radical (unpaired) electrons. The van der Waals surface area contributed by atoms with E-state index in [0.29, 0.717) is 17.2 Å². The molecule has 29 heavy (non-hydrogen) atoms. The minimum Gasteiger partial charge on any atom is -0.466 e. The van der Waals surface area contributed by atoms with Crippen molar-refractivity contribution in [1.82, 2.24) is 10.4 Å². The van der Waals surface area contributed by atoms with Gasteiger partial charge in [-0.15, -0.1) is 0 Å². The van der Waals surface area contributed by atoms with E-state index in [1.54, 1.807) is 18.3 Å². The van der Waals surface area contributed by atoms with Crippen molar-refractivity contribution in [2.45, 2.75) is 19.8 Å². The molecule has 1 aromatic carbocycles. The molecule has 1 aliphatic rings. The molecule has 1 aromatic heterocycles. The number of amides is 1. The summed E-state index contributed by atoms with van der Waals surface area (Å²) in [5.74, 6) is -0.577. The number of carbonyl (C=O) groups is 2. The Morgan fingerprint density at radius 1 is 1.38 bits per heavy atom. The van der Waals surface area contributed by atoms with Gasteiger partial charge in [-0.25, -0.2) is 10.4 Å². The fraction of sp³-hybridized carbons (Fsp3) is 0.368. The van der Waals surface area contributed by atoms with Crippen molar-refractivity contribution in [3.63, 3.8) is 0 Å². The van der Waals surface area contributed by atoms with Crippen molar-refractivity contribution in [3.8, 4) is 0 Å². The van der Waals surface area contributed by atoms with E-state index in [4.69, 9.17) is 27.9 Å². The Morgan fingerprint density at radius 2 is 2.14 bits per heavy atom. The second-order valence-corrected chi connectivity index (χ2v) is 8.27. The topological polar surface area (TPSA) is 83.9 Å². The Hall–Kier alpha value is -2.16. The maximum absolute atomic E-state index is 12.1. The largest absolute Gasteiger partial charge is 0.466 e. The molecular formula is C19H20Cl2N4O3S. The number of thiazole rings is 1. The van der Waals surface area contributed by atoms with E-state index >= 15 is 0 Å². The highest BCUT2D eigenvalue weighted by Crippen LogP contribution is 2.27. The van der Waals surface area contributed by atoms with Gasteiger partial charge in [-0.3, -0.25) is 9.59 Å². The fourth-order valence-corrected chi connectivity index (χ4v) is 4.27. The van der Waals surface area contributed by atoms with Crippen LogP contribution < -0.4 is 10.3 Å². The van der Waals surface area contributed by atoms with Gasteiger partial charge in [-0.1, -0.05) is 34.5 Å². The molecule has 0 aliphatic carbocycles. The molecule has 0 bridgehead atoms. The van der Waals surface area contributed by atoms with Crippen LogP contribution in [-0.2, 0) is 9.53 Å². The van der Waals surface area contributed by atoms with Gasteiger partial charge in [-0.05, 0) is 38.0 Å². The monoisotopic (exact) mass is 454 g/mol. The first-order valence-electron chi connectivity index (χ1n) is 9.13. The van der Waals surface area contributed by atoms with Crippen LogP contribution in [-0.4, -0.2) is 42.8 Å². The van der Waals surface area contributed by atoms with E-state index in [-0.39, 0.29) is 16.9 Å². The van der Waals surface area contributed by atoms with E-state index in [9.17, 15) is 9.59 Å². The zero-order valence-electron chi connectivity index (χ0n) is 15.7. The molecule has 2 heterocycles. The van der Waals surface area contributed by atoms with Crippen LogP contribution in [0.2, 0.25) is 10.0 Å². The fourth-order valence-electron chi connectivity index (χ4n) is 2.94. The van der Waals surface area contributed by atoms with Crippen LogP contribution in [0.25, 0.3) is 0 Å². The van der Waals surface area contributed by atoms with Crippen molar-refractivity contribution >= 4 is 57.8 Å². The highest BCUT2D eigenvalue weighted by Gasteiger charge is 2.27. The average Bonchev–Trinajstić information content (AvgIpc) is 3.17. The summed E-state index contributed by atoms with van der Waals surface area (Å²) in [4.78, 5) is 31.3. The molecule has 3 rings (SSSR count). The quantitative estimate of drug-likeness (QED) is 0.405. The number of halogens is 2. The van der Waals surface area contributed by atoms with E-state index in [2.05, 4.69) is 20.4 Å². The molecule has 0 saturated carbocycles. The molecule has 154 valence electrons. The predicted octanol–water partition coefficient (Wildman–Crippen LogP) is 3.99. The standard InChI is InChI=1S/C19H20Cl2N4O3S/c1-2-28-18(27)12-5-7-25(8-6-12)19-22-10-14(29-19)11-23-24-17(26)15-4-3-13(20)9-16(15)21/h3-4,9-12H,2,5-8H2,1H3,(H,24,26)/b23-11+. The van der Waals surface area contributed by atoms with Crippen LogP contribution in [0.4, 0.5) is 5.13 Å². The van der Waals surface area contributed by atoms with Crippen molar-refractivity contribution in [2.24, 2.45) is 11.0 Å². The summed E-state index contributed by atoms with van der Waals surface area (Å²) in [6.45, 7) is 3.73. The number of anilines is 1. The number of ether oxygens (including phenoxy) is 1. The van der Waals surface area contributed by atoms with E-state index in [1.807, 2.05) is 6.92 Å². The van der Waals surface area contributed by atoms with Crippen LogP contribution in [0.15, 0.2) is 29.5 Å². The van der Waals surface area contributed by atoms with Crippen molar-refractivity contribution < 1.29 is 14.3 Å². The number of aromatic nitrogens is 1. The molecule has 0 unspecified atom stereocenters.